The lowest BCUT2D eigenvalue weighted by atomic mass is 10.4. The molecule has 0 bridgehead atoms. The fourth-order valence-electron chi connectivity index (χ4n) is 1.20. The van der Waals surface area contributed by atoms with Crippen LogP contribution in [0.2, 0.25) is 0 Å². The van der Waals surface area contributed by atoms with Crippen molar-refractivity contribution in [1.82, 2.24) is 14.8 Å². The van der Waals surface area contributed by atoms with Gasteiger partial charge in [0.2, 0.25) is 5.71 Å². The Kier molecular flexibility index (Phi) is 1.76. The van der Waals surface area contributed by atoms with Gasteiger partial charge in [0.25, 0.3) is 0 Å². The molecule has 0 fully saturated rings. The zero-order chi connectivity index (χ0) is 10.3. The predicted molar refractivity (Wildman–Crippen MR) is 40.5 cm³/mol. The molecule has 0 saturated heterocycles. The number of halogens is 3. The molecule has 2 aromatic rings. The maximum Gasteiger partial charge on any atom is 0.437 e. The summed E-state index contributed by atoms with van der Waals surface area (Å²) in [5, 5.41) is 3.37. The van der Waals surface area contributed by atoms with Gasteiger partial charge in [0, 0.05) is 6.54 Å². The average molecular weight is 205 g/mol. The number of oxazole rings is 1. The summed E-state index contributed by atoms with van der Waals surface area (Å²) in [5.74, 6) is 0. The molecule has 0 unspecified atom stereocenters. The van der Waals surface area contributed by atoms with Crippen LogP contribution >= 0.6 is 0 Å². The highest BCUT2D eigenvalue weighted by Crippen LogP contribution is 2.33. The molecular formula is C7H6F3N3O. The predicted octanol–water partition coefficient (Wildman–Crippen LogP) is 2.06. The first-order valence-corrected chi connectivity index (χ1v) is 3.91. The molecule has 0 atom stereocenters. The first kappa shape index (κ1) is 9.04. The molecule has 0 aromatic carbocycles. The van der Waals surface area contributed by atoms with Gasteiger partial charge in [-0.05, 0) is 6.92 Å². The maximum absolute atomic E-state index is 12.4. The quantitative estimate of drug-likeness (QED) is 0.715. The highest BCUT2D eigenvalue weighted by molar-refractivity contribution is 5.72. The van der Waals surface area contributed by atoms with Crippen molar-refractivity contribution in [2.24, 2.45) is 0 Å². The third kappa shape index (κ3) is 1.16. The Labute approximate surface area is 76.3 Å². The summed E-state index contributed by atoms with van der Waals surface area (Å²) in [6.45, 7) is 1.98. The number of aryl methyl sites for hydroxylation is 1. The fourth-order valence-corrected chi connectivity index (χ4v) is 1.20. The Morgan fingerprint density at radius 2 is 2.21 bits per heavy atom. The minimum Gasteiger partial charge on any atom is -0.425 e. The van der Waals surface area contributed by atoms with E-state index in [4.69, 9.17) is 4.42 Å². The van der Waals surface area contributed by atoms with Crippen molar-refractivity contribution in [3.05, 3.63) is 12.1 Å². The van der Waals surface area contributed by atoms with Crippen molar-refractivity contribution in [1.29, 1.82) is 0 Å². The molecule has 0 radical (unpaired) electrons. The second-order valence-corrected chi connectivity index (χ2v) is 2.67. The lowest BCUT2D eigenvalue weighted by Crippen LogP contribution is -2.08. The van der Waals surface area contributed by atoms with Crippen LogP contribution in [-0.2, 0) is 12.7 Å². The summed E-state index contributed by atoms with van der Waals surface area (Å²) in [5.41, 5.74) is -1.18. The number of hydrogen-bond donors (Lipinski definition) is 0. The van der Waals surface area contributed by atoms with E-state index in [1.807, 2.05) is 0 Å². The van der Waals surface area contributed by atoms with Crippen molar-refractivity contribution < 1.29 is 17.6 Å². The standard InChI is InChI=1S/C7H6F3N3O/c1-2-13-6-4(11-3-14-6)5(12-13)7(8,9)10/h3H,2H2,1H3. The molecule has 0 aliphatic heterocycles. The molecule has 2 rings (SSSR count). The van der Waals surface area contributed by atoms with E-state index in [9.17, 15) is 13.2 Å². The largest absolute Gasteiger partial charge is 0.437 e. The molecule has 2 heterocycles. The van der Waals surface area contributed by atoms with Crippen molar-refractivity contribution >= 4 is 11.2 Å². The van der Waals surface area contributed by atoms with Crippen molar-refractivity contribution in [2.75, 3.05) is 0 Å². The first-order chi connectivity index (χ1) is 6.54. The minimum atomic E-state index is -4.49. The van der Waals surface area contributed by atoms with Crippen LogP contribution < -0.4 is 0 Å². The van der Waals surface area contributed by atoms with E-state index in [0.29, 0.717) is 6.54 Å². The molecular weight excluding hydrogens is 199 g/mol. The Bertz CT molecular complexity index is 456. The number of hydrogen-bond acceptors (Lipinski definition) is 3. The molecule has 0 aliphatic rings. The van der Waals surface area contributed by atoms with Crippen LogP contribution in [0, 0.1) is 0 Å². The van der Waals surface area contributed by atoms with E-state index in [1.165, 1.54) is 0 Å². The van der Waals surface area contributed by atoms with Crippen molar-refractivity contribution in [2.45, 2.75) is 19.6 Å². The second kappa shape index (κ2) is 2.73. The second-order valence-electron chi connectivity index (χ2n) is 2.67. The summed E-state index contributed by atoms with van der Waals surface area (Å²) in [6, 6.07) is 0. The Hall–Kier alpha value is -1.53. The first-order valence-electron chi connectivity index (χ1n) is 3.91. The highest BCUT2D eigenvalue weighted by Gasteiger charge is 2.38. The van der Waals surface area contributed by atoms with Crippen molar-refractivity contribution in [3.63, 3.8) is 0 Å². The zero-order valence-corrected chi connectivity index (χ0v) is 7.17. The topological polar surface area (TPSA) is 43.9 Å². The highest BCUT2D eigenvalue weighted by atomic mass is 19.4. The third-order valence-electron chi connectivity index (χ3n) is 1.80. The smallest absolute Gasteiger partial charge is 0.425 e. The van der Waals surface area contributed by atoms with E-state index in [-0.39, 0.29) is 11.2 Å². The normalized spacial score (nSPS) is 12.6. The molecule has 4 nitrogen and oxygen atoms in total. The van der Waals surface area contributed by atoms with Gasteiger partial charge in [0.15, 0.2) is 17.6 Å². The van der Waals surface area contributed by atoms with Gasteiger partial charge in [-0.25, -0.2) is 9.67 Å². The van der Waals surface area contributed by atoms with E-state index in [2.05, 4.69) is 10.1 Å². The molecule has 76 valence electrons. The van der Waals surface area contributed by atoms with E-state index >= 15 is 0 Å². The molecule has 2 aromatic heterocycles. The van der Waals surface area contributed by atoms with Gasteiger partial charge < -0.3 is 4.42 Å². The number of fused-ring (bicyclic) bond motifs is 1. The van der Waals surface area contributed by atoms with Crippen LogP contribution in [-0.4, -0.2) is 14.8 Å². The number of nitrogens with zero attached hydrogens (tertiary/aromatic N) is 3. The van der Waals surface area contributed by atoms with Gasteiger partial charge in [-0.1, -0.05) is 0 Å². The molecule has 7 heteroatoms. The lowest BCUT2D eigenvalue weighted by Gasteiger charge is -2.00. The fraction of sp³-hybridized carbons (Fsp3) is 0.429. The minimum absolute atomic E-state index is 0.0554. The summed E-state index contributed by atoms with van der Waals surface area (Å²) >= 11 is 0. The molecule has 14 heavy (non-hydrogen) atoms. The SMILES string of the molecule is CCn1nc(C(F)(F)F)c2ncoc21. The van der Waals surface area contributed by atoms with Crippen LogP contribution in [0.4, 0.5) is 13.2 Å². The van der Waals surface area contributed by atoms with E-state index < -0.39 is 11.9 Å². The van der Waals surface area contributed by atoms with Crippen LogP contribution in [0.5, 0.6) is 0 Å². The Balaban J connectivity index is 2.71. The number of rotatable bonds is 1. The molecule has 0 saturated carbocycles. The van der Waals surface area contributed by atoms with Crippen LogP contribution in [0.3, 0.4) is 0 Å². The lowest BCUT2D eigenvalue weighted by molar-refractivity contribution is -0.140. The van der Waals surface area contributed by atoms with Crippen LogP contribution in [0.1, 0.15) is 12.6 Å². The van der Waals surface area contributed by atoms with E-state index in [1.54, 1.807) is 6.92 Å². The summed E-state index contributed by atoms with van der Waals surface area (Å²) in [4.78, 5) is 3.48. The maximum atomic E-state index is 12.4. The van der Waals surface area contributed by atoms with Crippen LogP contribution in [0.15, 0.2) is 10.8 Å². The molecule has 0 N–H and O–H groups in total. The molecule has 0 amide bonds. The van der Waals surface area contributed by atoms with Gasteiger partial charge in [0.1, 0.15) is 0 Å². The zero-order valence-electron chi connectivity index (χ0n) is 7.17. The summed E-state index contributed by atoms with van der Waals surface area (Å²) < 4.78 is 43.1. The number of aromatic nitrogens is 3. The average Bonchev–Trinajstić information content (AvgIpc) is 2.59. The summed E-state index contributed by atoms with van der Waals surface area (Å²) in [7, 11) is 0. The third-order valence-corrected chi connectivity index (χ3v) is 1.80. The van der Waals surface area contributed by atoms with Crippen molar-refractivity contribution in [3.8, 4) is 0 Å². The van der Waals surface area contributed by atoms with Crippen LogP contribution in [0.25, 0.3) is 11.2 Å². The Morgan fingerprint density at radius 1 is 1.50 bits per heavy atom. The van der Waals surface area contributed by atoms with Gasteiger partial charge >= 0.3 is 6.18 Å². The molecule has 0 aliphatic carbocycles. The number of alkyl halides is 3. The van der Waals surface area contributed by atoms with E-state index in [0.717, 1.165) is 11.1 Å². The Morgan fingerprint density at radius 3 is 2.79 bits per heavy atom. The molecule has 0 spiro atoms. The van der Waals surface area contributed by atoms with Gasteiger partial charge in [-0.15, -0.1) is 0 Å². The monoisotopic (exact) mass is 205 g/mol. The van der Waals surface area contributed by atoms with Gasteiger partial charge in [-0.3, -0.25) is 0 Å². The summed E-state index contributed by atoms with van der Waals surface area (Å²) in [6.07, 6.45) is -3.51. The van der Waals surface area contributed by atoms with Gasteiger partial charge in [-0.2, -0.15) is 18.3 Å². The van der Waals surface area contributed by atoms with Gasteiger partial charge in [0.05, 0.1) is 0 Å².